The summed E-state index contributed by atoms with van der Waals surface area (Å²) in [6.45, 7) is 7.30. The number of benzene rings is 2. The molecule has 1 fully saturated rings. The lowest BCUT2D eigenvalue weighted by atomic mass is 9.98. The van der Waals surface area contributed by atoms with Gasteiger partial charge >= 0.3 is 0 Å². The SMILES string of the molecule is CCN1CCC2(CC1)N=C(SCC(=O)Nc1cccc(C)c1)C(c1ccccc1)=N2. The number of carbonyl (C=O) groups excluding carboxylic acids is 1. The van der Waals surface area contributed by atoms with Crippen molar-refractivity contribution < 1.29 is 4.79 Å². The van der Waals surface area contributed by atoms with Crippen LogP contribution in [-0.4, -0.2) is 52.6 Å². The molecule has 2 heterocycles. The van der Waals surface area contributed by atoms with Gasteiger partial charge in [-0.3, -0.25) is 9.79 Å². The van der Waals surface area contributed by atoms with Gasteiger partial charge in [-0.1, -0.05) is 61.2 Å². The molecule has 0 bridgehead atoms. The van der Waals surface area contributed by atoms with Crippen LogP contribution in [0, 0.1) is 6.92 Å². The van der Waals surface area contributed by atoms with Gasteiger partial charge in [0, 0.05) is 37.2 Å². The van der Waals surface area contributed by atoms with E-state index in [4.69, 9.17) is 9.98 Å². The fourth-order valence-corrected chi connectivity index (χ4v) is 4.79. The third-order valence-corrected chi connectivity index (χ3v) is 6.59. The Morgan fingerprint density at radius 2 is 1.87 bits per heavy atom. The Morgan fingerprint density at radius 3 is 2.57 bits per heavy atom. The van der Waals surface area contributed by atoms with Crippen LogP contribution in [0.1, 0.15) is 30.9 Å². The summed E-state index contributed by atoms with van der Waals surface area (Å²) in [5.74, 6) is 0.290. The van der Waals surface area contributed by atoms with E-state index in [9.17, 15) is 4.79 Å². The van der Waals surface area contributed by atoms with E-state index in [1.807, 2.05) is 49.4 Å². The minimum atomic E-state index is -0.369. The monoisotopic (exact) mass is 420 g/mol. The first-order valence-corrected chi connectivity index (χ1v) is 11.5. The van der Waals surface area contributed by atoms with Crippen molar-refractivity contribution in [2.24, 2.45) is 9.98 Å². The predicted molar refractivity (Wildman–Crippen MR) is 127 cm³/mol. The molecule has 1 saturated heterocycles. The fourth-order valence-electron chi connectivity index (χ4n) is 3.91. The quantitative estimate of drug-likeness (QED) is 0.781. The summed E-state index contributed by atoms with van der Waals surface area (Å²) in [7, 11) is 0. The zero-order chi connectivity index (χ0) is 21.0. The molecule has 30 heavy (non-hydrogen) atoms. The van der Waals surface area contributed by atoms with Crippen molar-refractivity contribution in [1.29, 1.82) is 0 Å². The molecule has 2 aliphatic heterocycles. The number of likely N-dealkylation sites (tertiary alicyclic amines) is 1. The van der Waals surface area contributed by atoms with Gasteiger partial charge in [-0.25, -0.2) is 4.99 Å². The van der Waals surface area contributed by atoms with Gasteiger partial charge in [0.05, 0.1) is 11.5 Å². The Balaban J connectivity index is 1.49. The molecule has 0 saturated carbocycles. The first-order chi connectivity index (χ1) is 14.6. The smallest absolute Gasteiger partial charge is 0.234 e. The molecule has 0 atom stereocenters. The van der Waals surface area contributed by atoms with Gasteiger partial charge in [0.15, 0.2) is 5.66 Å². The predicted octanol–water partition coefficient (Wildman–Crippen LogP) is 4.38. The van der Waals surface area contributed by atoms with Crippen LogP contribution in [0.3, 0.4) is 0 Å². The molecule has 156 valence electrons. The van der Waals surface area contributed by atoms with Crippen molar-refractivity contribution in [2.45, 2.75) is 32.4 Å². The third kappa shape index (κ3) is 4.82. The number of anilines is 1. The molecule has 1 spiro atoms. The summed E-state index contributed by atoms with van der Waals surface area (Å²) < 4.78 is 0. The Hall–Kier alpha value is -2.44. The number of amides is 1. The maximum atomic E-state index is 12.5. The average molecular weight is 421 g/mol. The molecule has 1 N–H and O–H groups in total. The molecule has 6 heteroatoms. The Bertz CT molecular complexity index is 962. The number of aliphatic imine (C=N–C) groups is 2. The van der Waals surface area contributed by atoms with E-state index < -0.39 is 0 Å². The maximum Gasteiger partial charge on any atom is 0.234 e. The number of carbonyl (C=O) groups is 1. The van der Waals surface area contributed by atoms with Crippen LogP contribution in [0.2, 0.25) is 0 Å². The largest absolute Gasteiger partial charge is 0.325 e. The Morgan fingerprint density at radius 1 is 1.10 bits per heavy atom. The number of nitrogens with one attached hydrogen (secondary N) is 1. The highest BCUT2D eigenvalue weighted by atomic mass is 32.2. The number of rotatable bonds is 5. The summed E-state index contributed by atoms with van der Waals surface area (Å²) >= 11 is 1.49. The van der Waals surface area contributed by atoms with E-state index in [0.29, 0.717) is 5.75 Å². The molecule has 0 aromatic heterocycles. The lowest BCUT2D eigenvalue weighted by Gasteiger charge is -2.34. The van der Waals surface area contributed by atoms with Crippen LogP contribution >= 0.6 is 11.8 Å². The highest BCUT2D eigenvalue weighted by Gasteiger charge is 2.39. The van der Waals surface area contributed by atoms with Gasteiger partial charge in [-0.15, -0.1) is 0 Å². The van der Waals surface area contributed by atoms with Gasteiger partial charge in [-0.05, 0) is 31.2 Å². The van der Waals surface area contributed by atoms with E-state index >= 15 is 0 Å². The maximum absolute atomic E-state index is 12.5. The standard InChI is InChI=1S/C24H28N4OS/c1-3-28-14-12-24(13-15-28)26-22(19-9-5-4-6-10-19)23(27-24)30-17-21(29)25-20-11-7-8-18(2)16-20/h4-11,16H,3,12-15,17H2,1-2H3,(H,25,29). The number of aryl methyl sites for hydroxylation is 1. The van der Waals surface area contributed by atoms with Gasteiger partial charge in [0.2, 0.25) is 5.91 Å². The molecule has 4 rings (SSSR count). The summed E-state index contributed by atoms with van der Waals surface area (Å²) in [6, 6.07) is 18.1. The number of piperidine rings is 1. The second-order valence-electron chi connectivity index (χ2n) is 7.87. The summed E-state index contributed by atoms with van der Waals surface area (Å²) in [5, 5.41) is 3.86. The fraction of sp³-hybridized carbons (Fsp3) is 0.375. The van der Waals surface area contributed by atoms with Crippen molar-refractivity contribution >= 4 is 34.1 Å². The highest BCUT2D eigenvalue weighted by molar-refractivity contribution is 8.16. The third-order valence-electron chi connectivity index (χ3n) is 5.63. The number of hydrogen-bond acceptors (Lipinski definition) is 5. The summed E-state index contributed by atoms with van der Waals surface area (Å²) in [4.78, 5) is 25.2. The van der Waals surface area contributed by atoms with Gasteiger partial charge in [-0.2, -0.15) is 0 Å². The van der Waals surface area contributed by atoms with Gasteiger partial charge in [0.25, 0.3) is 0 Å². The number of hydrogen-bond donors (Lipinski definition) is 1. The van der Waals surface area contributed by atoms with Crippen LogP contribution in [-0.2, 0) is 4.79 Å². The van der Waals surface area contributed by atoms with Crippen molar-refractivity contribution in [2.75, 3.05) is 30.7 Å². The van der Waals surface area contributed by atoms with Crippen LogP contribution in [0.25, 0.3) is 0 Å². The highest BCUT2D eigenvalue weighted by Crippen LogP contribution is 2.35. The molecular weight excluding hydrogens is 392 g/mol. The van der Waals surface area contributed by atoms with Crippen LogP contribution in [0.4, 0.5) is 5.69 Å². The van der Waals surface area contributed by atoms with Crippen molar-refractivity contribution in [3.63, 3.8) is 0 Å². The number of nitrogens with zero attached hydrogens (tertiary/aromatic N) is 3. The van der Waals surface area contributed by atoms with Crippen LogP contribution < -0.4 is 5.32 Å². The first-order valence-electron chi connectivity index (χ1n) is 10.5. The molecule has 0 aliphatic carbocycles. The van der Waals surface area contributed by atoms with Gasteiger partial charge < -0.3 is 10.2 Å². The molecule has 2 aromatic carbocycles. The second kappa shape index (κ2) is 9.14. The minimum Gasteiger partial charge on any atom is -0.325 e. The van der Waals surface area contributed by atoms with Crippen molar-refractivity contribution in [1.82, 2.24) is 4.90 Å². The van der Waals surface area contributed by atoms with E-state index in [1.54, 1.807) is 0 Å². The lowest BCUT2D eigenvalue weighted by Crippen LogP contribution is -2.41. The molecule has 1 amide bonds. The normalized spacial score (nSPS) is 18.2. The molecule has 0 radical (unpaired) electrons. The molecule has 5 nitrogen and oxygen atoms in total. The van der Waals surface area contributed by atoms with E-state index in [2.05, 4.69) is 29.3 Å². The second-order valence-corrected chi connectivity index (χ2v) is 8.83. The zero-order valence-corrected chi connectivity index (χ0v) is 18.4. The van der Waals surface area contributed by atoms with E-state index in [-0.39, 0.29) is 11.6 Å². The summed E-state index contributed by atoms with van der Waals surface area (Å²) in [6.07, 6.45) is 1.85. The van der Waals surface area contributed by atoms with Crippen LogP contribution in [0.5, 0.6) is 0 Å². The van der Waals surface area contributed by atoms with E-state index in [1.165, 1.54) is 11.8 Å². The van der Waals surface area contributed by atoms with Crippen molar-refractivity contribution in [3.8, 4) is 0 Å². The first kappa shape index (κ1) is 20.8. The Kier molecular flexibility index (Phi) is 6.35. The van der Waals surface area contributed by atoms with Crippen LogP contribution in [0.15, 0.2) is 64.6 Å². The average Bonchev–Trinajstić information content (AvgIpc) is 3.12. The number of thioether (sulfide) groups is 1. The molecule has 2 aromatic rings. The molecular formula is C24H28N4OS. The van der Waals surface area contributed by atoms with E-state index in [0.717, 1.165) is 60.0 Å². The van der Waals surface area contributed by atoms with Gasteiger partial charge in [0.1, 0.15) is 5.04 Å². The molecule has 0 unspecified atom stereocenters. The lowest BCUT2D eigenvalue weighted by molar-refractivity contribution is -0.113. The van der Waals surface area contributed by atoms with Crippen molar-refractivity contribution in [3.05, 3.63) is 65.7 Å². The molecule has 2 aliphatic rings. The zero-order valence-electron chi connectivity index (χ0n) is 17.6. The minimum absolute atomic E-state index is 0.0255. The topological polar surface area (TPSA) is 57.1 Å². The summed E-state index contributed by atoms with van der Waals surface area (Å²) in [5.41, 5.74) is 3.58. The Labute approximate surface area is 182 Å².